The zero-order valence-corrected chi connectivity index (χ0v) is 16.9. The molecule has 0 bridgehead atoms. The third-order valence-electron chi connectivity index (χ3n) is 4.62. The number of fused-ring (bicyclic) bond motifs is 1. The van der Waals surface area contributed by atoms with E-state index in [9.17, 15) is 13.2 Å². The average molecular weight is 391 g/mol. The Balaban J connectivity index is 1.86. The second kappa shape index (κ2) is 7.06. The van der Waals surface area contributed by atoms with Gasteiger partial charge in [-0.25, -0.2) is 12.7 Å². The lowest BCUT2D eigenvalue weighted by Gasteiger charge is -2.17. The third kappa shape index (κ3) is 3.51. The number of aryl methyl sites for hydroxylation is 1. The largest absolute Gasteiger partial charge is 0.325 e. The van der Waals surface area contributed by atoms with Crippen LogP contribution < -0.4 is 5.32 Å². The lowest BCUT2D eigenvalue weighted by atomic mass is 10.1. The van der Waals surface area contributed by atoms with Gasteiger partial charge in [0.1, 0.15) is 0 Å². The number of sulfonamides is 1. The molecule has 0 aromatic heterocycles. The van der Waals surface area contributed by atoms with Gasteiger partial charge in [0.2, 0.25) is 15.9 Å². The summed E-state index contributed by atoms with van der Waals surface area (Å²) >= 11 is 1.55. The molecule has 3 rings (SSSR count). The van der Waals surface area contributed by atoms with E-state index in [-0.39, 0.29) is 16.1 Å². The van der Waals surface area contributed by atoms with Gasteiger partial charge >= 0.3 is 0 Å². The molecule has 0 saturated carbocycles. The number of rotatable bonds is 4. The van der Waals surface area contributed by atoms with Gasteiger partial charge in [-0.3, -0.25) is 4.79 Å². The molecule has 1 aliphatic heterocycles. The van der Waals surface area contributed by atoms with Gasteiger partial charge in [0.05, 0.1) is 10.1 Å². The summed E-state index contributed by atoms with van der Waals surface area (Å²) < 4.78 is 26.1. The normalized spacial score (nSPS) is 16.6. The minimum absolute atomic E-state index is 0.104. The Morgan fingerprint density at radius 2 is 1.88 bits per heavy atom. The minimum Gasteiger partial charge on any atom is -0.325 e. The van der Waals surface area contributed by atoms with Crippen LogP contribution in [0, 0.1) is 13.8 Å². The van der Waals surface area contributed by atoms with Crippen LogP contribution in [0.5, 0.6) is 0 Å². The lowest BCUT2D eigenvalue weighted by Crippen LogP contribution is -2.26. The van der Waals surface area contributed by atoms with Gasteiger partial charge in [-0.2, -0.15) is 0 Å². The molecule has 0 radical (unpaired) electrons. The highest BCUT2D eigenvalue weighted by Gasteiger charge is 2.29. The summed E-state index contributed by atoms with van der Waals surface area (Å²) in [5.74, 6) is -0.104. The first kappa shape index (κ1) is 18.9. The van der Waals surface area contributed by atoms with Crippen LogP contribution in [0.2, 0.25) is 0 Å². The fraction of sp³-hybridized carbons (Fsp3) is 0.316. The van der Waals surface area contributed by atoms with E-state index in [4.69, 9.17) is 0 Å². The second-order valence-electron chi connectivity index (χ2n) is 6.61. The number of hydrogen-bond acceptors (Lipinski definition) is 4. The number of amides is 1. The van der Waals surface area contributed by atoms with E-state index in [1.165, 1.54) is 24.0 Å². The predicted octanol–water partition coefficient (Wildman–Crippen LogP) is 3.21. The molecule has 26 heavy (non-hydrogen) atoms. The Morgan fingerprint density at radius 3 is 2.54 bits per heavy atom. The fourth-order valence-electron chi connectivity index (χ4n) is 2.86. The number of nitrogens with one attached hydrogen (secondary N) is 1. The molecule has 1 heterocycles. The molecule has 138 valence electrons. The first-order valence-corrected chi connectivity index (χ1v) is 10.6. The Bertz CT molecular complexity index is 944. The van der Waals surface area contributed by atoms with E-state index in [1.54, 1.807) is 23.9 Å². The summed E-state index contributed by atoms with van der Waals surface area (Å²) in [7, 11) is -0.570. The highest BCUT2D eigenvalue weighted by molar-refractivity contribution is 8.01. The highest BCUT2D eigenvalue weighted by Crippen LogP contribution is 2.37. The van der Waals surface area contributed by atoms with Crippen molar-refractivity contribution >= 4 is 33.4 Å². The molecule has 1 atom stereocenters. The van der Waals surface area contributed by atoms with Gasteiger partial charge in [0.15, 0.2) is 0 Å². The molecule has 1 N–H and O–H groups in total. The zero-order valence-electron chi connectivity index (χ0n) is 15.2. The molecule has 0 spiro atoms. The molecule has 1 unspecified atom stereocenters. The van der Waals surface area contributed by atoms with Crippen LogP contribution in [0.4, 0.5) is 5.69 Å². The summed E-state index contributed by atoms with van der Waals surface area (Å²) in [5.41, 5.74) is 3.42. The van der Waals surface area contributed by atoms with Gasteiger partial charge in [-0.15, -0.1) is 11.8 Å². The van der Waals surface area contributed by atoms with Crippen LogP contribution in [-0.2, 0) is 21.2 Å². The van der Waals surface area contributed by atoms with E-state index in [1.807, 2.05) is 38.1 Å². The average Bonchev–Trinajstić information content (AvgIpc) is 3.02. The van der Waals surface area contributed by atoms with E-state index in [2.05, 4.69) is 5.32 Å². The van der Waals surface area contributed by atoms with Crippen LogP contribution in [0.3, 0.4) is 0 Å². The van der Waals surface area contributed by atoms with Crippen LogP contribution in [0.1, 0.15) is 16.7 Å². The zero-order chi connectivity index (χ0) is 19.1. The van der Waals surface area contributed by atoms with Crippen molar-refractivity contribution in [3.05, 3.63) is 53.1 Å². The molecular weight excluding hydrogens is 368 g/mol. The van der Waals surface area contributed by atoms with Crippen molar-refractivity contribution in [2.24, 2.45) is 0 Å². The maximum Gasteiger partial charge on any atom is 0.242 e. The monoisotopic (exact) mass is 390 g/mol. The summed E-state index contributed by atoms with van der Waals surface area (Å²) in [5, 5.41) is 2.73. The maximum atomic E-state index is 12.7. The fourth-order valence-corrected chi connectivity index (χ4v) is 5.07. The molecular formula is C19H22N2O3S2. The van der Waals surface area contributed by atoms with Crippen LogP contribution in [-0.4, -0.2) is 38.0 Å². The number of benzene rings is 2. The van der Waals surface area contributed by atoms with E-state index >= 15 is 0 Å². The lowest BCUT2D eigenvalue weighted by molar-refractivity contribution is -0.115. The summed E-state index contributed by atoms with van der Waals surface area (Å²) in [6.45, 7) is 3.73. The van der Waals surface area contributed by atoms with Gasteiger partial charge in [-0.05, 0) is 55.2 Å². The summed E-state index contributed by atoms with van der Waals surface area (Å²) in [6, 6.07) is 11.2. The number of carbonyl (C=O) groups excluding carboxylic acids is 1. The standard InChI is InChI=1S/C19H22N2O3S2/c1-12-9-15(26(23,24)21(3)4)11-16(13(12)2)20-19(22)18-10-14-7-5-6-8-17(14)25-18/h5-9,11,18H,10H2,1-4H3,(H,20,22). The van der Waals surface area contributed by atoms with Crippen molar-refractivity contribution in [1.29, 1.82) is 0 Å². The van der Waals surface area contributed by atoms with Gasteiger partial charge in [0.25, 0.3) is 0 Å². The highest BCUT2D eigenvalue weighted by atomic mass is 32.2. The van der Waals surface area contributed by atoms with E-state index in [0.717, 1.165) is 16.0 Å². The molecule has 2 aromatic carbocycles. The Hall–Kier alpha value is -1.83. The second-order valence-corrected chi connectivity index (χ2v) is 10.0. The first-order chi connectivity index (χ1) is 12.2. The van der Waals surface area contributed by atoms with Crippen molar-refractivity contribution < 1.29 is 13.2 Å². The Kier molecular flexibility index (Phi) is 5.14. The molecule has 0 aliphatic carbocycles. The maximum absolute atomic E-state index is 12.7. The van der Waals surface area contributed by atoms with Crippen molar-refractivity contribution in [1.82, 2.24) is 4.31 Å². The van der Waals surface area contributed by atoms with E-state index in [0.29, 0.717) is 12.1 Å². The number of thioether (sulfide) groups is 1. The molecule has 0 fully saturated rings. The molecule has 7 heteroatoms. The Morgan fingerprint density at radius 1 is 1.19 bits per heavy atom. The molecule has 1 amide bonds. The third-order valence-corrected chi connectivity index (χ3v) is 7.73. The number of anilines is 1. The van der Waals surface area contributed by atoms with Crippen LogP contribution >= 0.6 is 11.8 Å². The van der Waals surface area contributed by atoms with Crippen molar-refractivity contribution in [2.45, 2.75) is 35.3 Å². The predicted molar refractivity (Wildman–Crippen MR) is 105 cm³/mol. The number of nitrogens with zero attached hydrogens (tertiary/aromatic N) is 1. The smallest absolute Gasteiger partial charge is 0.242 e. The number of hydrogen-bond donors (Lipinski definition) is 1. The molecule has 1 aliphatic rings. The molecule has 5 nitrogen and oxygen atoms in total. The van der Waals surface area contributed by atoms with Crippen molar-refractivity contribution in [2.75, 3.05) is 19.4 Å². The summed E-state index contributed by atoms with van der Waals surface area (Å²) in [4.78, 5) is 14.1. The summed E-state index contributed by atoms with van der Waals surface area (Å²) in [6.07, 6.45) is 0.681. The minimum atomic E-state index is -3.56. The Labute approximate surface area is 158 Å². The van der Waals surface area contributed by atoms with Crippen LogP contribution in [0.15, 0.2) is 46.2 Å². The van der Waals surface area contributed by atoms with Crippen molar-refractivity contribution in [3.8, 4) is 0 Å². The topological polar surface area (TPSA) is 66.5 Å². The molecule has 2 aromatic rings. The number of carbonyl (C=O) groups is 1. The van der Waals surface area contributed by atoms with Gasteiger partial charge in [0, 0.05) is 24.7 Å². The van der Waals surface area contributed by atoms with E-state index < -0.39 is 10.0 Å². The van der Waals surface area contributed by atoms with Gasteiger partial charge < -0.3 is 5.32 Å². The van der Waals surface area contributed by atoms with Crippen molar-refractivity contribution in [3.63, 3.8) is 0 Å². The SMILES string of the molecule is Cc1cc(S(=O)(=O)N(C)C)cc(NC(=O)C2Cc3ccccc3S2)c1C. The van der Waals surface area contributed by atoms with Gasteiger partial charge in [-0.1, -0.05) is 18.2 Å². The van der Waals surface area contributed by atoms with Crippen LogP contribution in [0.25, 0.3) is 0 Å². The molecule has 0 saturated heterocycles. The first-order valence-electron chi connectivity index (χ1n) is 8.29. The quantitative estimate of drug-likeness (QED) is 0.871.